The van der Waals surface area contributed by atoms with Crippen molar-refractivity contribution in [2.45, 2.75) is 0 Å². The molecule has 0 spiro atoms. The van der Waals surface area contributed by atoms with Gasteiger partial charge in [-0.1, -0.05) is 72.8 Å². The van der Waals surface area contributed by atoms with Crippen molar-refractivity contribution in [1.29, 1.82) is 0 Å². The van der Waals surface area contributed by atoms with Crippen molar-refractivity contribution >= 4 is 75.3 Å². The quantitative estimate of drug-likeness (QED) is 0.249. The van der Waals surface area contributed by atoms with Gasteiger partial charge >= 0.3 is 0 Å². The van der Waals surface area contributed by atoms with Crippen LogP contribution in [0.1, 0.15) is 0 Å². The SMILES string of the molecule is c1ccc(-n2c3ccccc3c3c4c5ccccc5sc4c4oc5ccccc5c4c32)cc1. The van der Waals surface area contributed by atoms with Gasteiger partial charge in [0.25, 0.3) is 0 Å². The number of hydrogen-bond acceptors (Lipinski definition) is 2. The summed E-state index contributed by atoms with van der Waals surface area (Å²) in [5.41, 5.74) is 5.52. The highest BCUT2D eigenvalue weighted by Gasteiger charge is 2.24. The Morgan fingerprint density at radius 3 is 2.15 bits per heavy atom. The van der Waals surface area contributed by atoms with Gasteiger partial charge in [0, 0.05) is 37.3 Å². The van der Waals surface area contributed by atoms with Crippen LogP contribution < -0.4 is 0 Å². The summed E-state index contributed by atoms with van der Waals surface area (Å²) >= 11 is 1.83. The maximum Gasteiger partial charge on any atom is 0.155 e. The number of furan rings is 1. The van der Waals surface area contributed by atoms with Crippen LogP contribution in [0.2, 0.25) is 0 Å². The predicted octanol–water partition coefficient (Wildman–Crippen LogP) is 9.05. The van der Waals surface area contributed by atoms with Crippen LogP contribution in [0.4, 0.5) is 0 Å². The van der Waals surface area contributed by atoms with E-state index in [-0.39, 0.29) is 0 Å². The first-order valence-electron chi connectivity index (χ1n) is 11.1. The normalized spacial score (nSPS) is 12.2. The Labute approximate surface area is 192 Å². The smallest absolute Gasteiger partial charge is 0.155 e. The third-order valence-electron chi connectivity index (χ3n) is 6.77. The molecule has 0 amide bonds. The summed E-state index contributed by atoms with van der Waals surface area (Å²) in [5, 5.41) is 7.53. The van der Waals surface area contributed by atoms with Crippen molar-refractivity contribution in [2.75, 3.05) is 0 Å². The van der Waals surface area contributed by atoms with Crippen molar-refractivity contribution in [3.63, 3.8) is 0 Å². The Balaban J connectivity index is 1.81. The van der Waals surface area contributed by atoms with E-state index >= 15 is 0 Å². The first kappa shape index (κ1) is 17.5. The standard InChI is InChI=1S/C30H17NOS/c1-2-10-18(11-3-1)31-22-15-7-4-12-19(22)25-26-21-14-6-9-17-24(21)33-30(26)29-27(28(25)31)20-13-5-8-16-23(20)32-29/h1-17H. The average molecular weight is 440 g/mol. The summed E-state index contributed by atoms with van der Waals surface area (Å²) in [6.45, 7) is 0. The molecule has 5 aromatic carbocycles. The van der Waals surface area contributed by atoms with E-state index in [1.165, 1.54) is 47.4 Å². The predicted molar refractivity (Wildman–Crippen MR) is 141 cm³/mol. The van der Waals surface area contributed by atoms with Crippen molar-refractivity contribution in [3.05, 3.63) is 103 Å². The molecular formula is C30H17NOS. The van der Waals surface area contributed by atoms with Gasteiger partial charge in [-0.25, -0.2) is 0 Å². The number of para-hydroxylation sites is 3. The Bertz CT molecular complexity index is 2020. The molecule has 0 aliphatic rings. The number of fused-ring (bicyclic) bond motifs is 12. The van der Waals surface area contributed by atoms with Crippen LogP contribution in [0.5, 0.6) is 0 Å². The van der Waals surface area contributed by atoms with E-state index in [2.05, 4.69) is 108 Å². The van der Waals surface area contributed by atoms with Gasteiger partial charge in [-0.15, -0.1) is 11.3 Å². The molecule has 0 N–H and O–H groups in total. The topological polar surface area (TPSA) is 18.1 Å². The molecule has 3 heteroatoms. The van der Waals surface area contributed by atoms with E-state index in [4.69, 9.17) is 4.42 Å². The maximum absolute atomic E-state index is 6.59. The number of hydrogen-bond donors (Lipinski definition) is 0. The maximum atomic E-state index is 6.59. The lowest BCUT2D eigenvalue weighted by Crippen LogP contribution is -1.93. The van der Waals surface area contributed by atoms with Gasteiger partial charge in [0.1, 0.15) is 5.58 Å². The second kappa shape index (κ2) is 6.25. The highest BCUT2D eigenvalue weighted by molar-refractivity contribution is 7.27. The van der Waals surface area contributed by atoms with Crippen molar-refractivity contribution in [3.8, 4) is 5.69 Å². The Hall–Kier alpha value is -4.08. The Kier molecular flexibility index (Phi) is 3.31. The zero-order valence-electron chi connectivity index (χ0n) is 17.6. The molecule has 0 bridgehead atoms. The van der Waals surface area contributed by atoms with Crippen molar-refractivity contribution in [2.24, 2.45) is 0 Å². The molecule has 33 heavy (non-hydrogen) atoms. The molecule has 0 radical (unpaired) electrons. The zero-order chi connectivity index (χ0) is 21.5. The van der Waals surface area contributed by atoms with Gasteiger partial charge in [0.2, 0.25) is 0 Å². The summed E-state index contributed by atoms with van der Waals surface area (Å²) in [6.07, 6.45) is 0. The minimum atomic E-state index is 0.934. The Morgan fingerprint density at radius 2 is 1.27 bits per heavy atom. The second-order valence-electron chi connectivity index (χ2n) is 8.52. The fourth-order valence-corrected chi connectivity index (χ4v) is 6.67. The summed E-state index contributed by atoms with van der Waals surface area (Å²) in [7, 11) is 0. The zero-order valence-corrected chi connectivity index (χ0v) is 18.4. The summed E-state index contributed by atoms with van der Waals surface area (Å²) in [6, 6.07) is 36.6. The summed E-state index contributed by atoms with van der Waals surface area (Å²) in [5.74, 6) is 0. The van der Waals surface area contributed by atoms with E-state index in [1.807, 2.05) is 11.3 Å². The first-order valence-corrected chi connectivity index (χ1v) is 11.9. The molecule has 3 aromatic heterocycles. The van der Waals surface area contributed by atoms with Crippen LogP contribution in [0, 0.1) is 0 Å². The van der Waals surface area contributed by atoms with Gasteiger partial charge in [-0.3, -0.25) is 0 Å². The fraction of sp³-hybridized carbons (Fsp3) is 0. The molecule has 8 aromatic rings. The van der Waals surface area contributed by atoms with Crippen molar-refractivity contribution < 1.29 is 4.42 Å². The van der Waals surface area contributed by atoms with Gasteiger partial charge in [0.15, 0.2) is 5.58 Å². The van der Waals surface area contributed by atoms with Crippen LogP contribution in [-0.4, -0.2) is 4.57 Å². The van der Waals surface area contributed by atoms with E-state index in [1.54, 1.807) is 0 Å². The van der Waals surface area contributed by atoms with Crippen LogP contribution in [0.15, 0.2) is 108 Å². The number of rotatable bonds is 1. The lowest BCUT2D eigenvalue weighted by Gasteiger charge is -2.09. The van der Waals surface area contributed by atoms with Gasteiger partial charge < -0.3 is 8.98 Å². The third-order valence-corrected chi connectivity index (χ3v) is 7.94. The molecule has 0 atom stereocenters. The molecule has 2 nitrogen and oxygen atoms in total. The molecule has 154 valence electrons. The largest absolute Gasteiger partial charge is 0.454 e. The van der Waals surface area contributed by atoms with Gasteiger partial charge in [-0.2, -0.15) is 0 Å². The molecule has 0 fully saturated rings. The number of aromatic nitrogens is 1. The van der Waals surface area contributed by atoms with Crippen LogP contribution in [0.25, 0.3) is 69.6 Å². The molecule has 0 saturated heterocycles. The van der Waals surface area contributed by atoms with Crippen molar-refractivity contribution in [1.82, 2.24) is 4.57 Å². The highest BCUT2D eigenvalue weighted by Crippen LogP contribution is 2.50. The van der Waals surface area contributed by atoms with E-state index in [0.29, 0.717) is 0 Å². The average Bonchev–Trinajstić information content (AvgIpc) is 3.54. The summed E-state index contributed by atoms with van der Waals surface area (Å²) < 4.78 is 11.5. The molecule has 0 aliphatic carbocycles. The molecule has 0 aliphatic heterocycles. The highest BCUT2D eigenvalue weighted by atomic mass is 32.1. The van der Waals surface area contributed by atoms with Gasteiger partial charge in [0.05, 0.1) is 21.1 Å². The van der Waals surface area contributed by atoms with E-state index < -0.39 is 0 Å². The molecule has 0 unspecified atom stereocenters. The van der Waals surface area contributed by atoms with E-state index in [9.17, 15) is 0 Å². The molecule has 8 rings (SSSR count). The van der Waals surface area contributed by atoms with Crippen LogP contribution >= 0.6 is 11.3 Å². The minimum absolute atomic E-state index is 0.934. The number of nitrogens with zero attached hydrogens (tertiary/aromatic N) is 1. The first-order chi connectivity index (χ1) is 16.4. The monoisotopic (exact) mass is 439 g/mol. The fourth-order valence-electron chi connectivity index (χ4n) is 5.47. The summed E-state index contributed by atoms with van der Waals surface area (Å²) in [4.78, 5) is 0. The molecule has 3 heterocycles. The van der Waals surface area contributed by atoms with Crippen LogP contribution in [0.3, 0.4) is 0 Å². The van der Waals surface area contributed by atoms with Gasteiger partial charge in [-0.05, 0) is 30.3 Å². The second-order valence-corrected chi connectivity index (χ2v) is 9.57. The lowest BCUT2D eigenvalue weighted by atomic mass is 10.0. The number of thiophene rings is 1. The Morgan fingerprint density at radius 1 is 0.576 bits per heavy atom. The lowest BCUT2D eigenvalue weighted by molar-refractivity contribution is 0.673. The third kappa shape index (κ3) is 2.17. The van der Waals surface area contributed by atoms with Crippen LogP contribution in [-0.2, 0) is 0 Å². The number of benzene rings is 5. The molecule has 0 saturated carbocycles. The van der Waals surface area contributed by atoms with E-state index in [0.717, 1.165) is 22.2 Å². The molecular weight excluding hydrogens is 422 g/mol. The minimum Gasteiger partial charge on any atom is -0.454 e.